The van der Waals surface area contributed by atoms with Crippen molar-refractivity contribution in [2.75, 3.05) is 0 Å². The largest absolute Gasteiger partial charge is 0.369 e. The molecule has 0 spiro atoms. The molecule has 1 unspecified atom stereocenters. The number of aromatic nitrogens is 3. The first-order chi connectivity index (χ1) is 5.20. The Hall–Kier alpha value is -1.39. The van der Waals surface area contributed by atoms with Crippen LogP contribution in [0.5, 0.6) is 0 Å². The highest BCUT2D eigenvalue weighted by molar-refractivity contribution is 5.76. The van der Waals surface area contributed by atoms with Gasteiger partial charge >= 0.3 is 0 Å². The Morgan fingerprint density at radius 1 is 1.82 bits per heavy atom. The van der Waals surface area contributed by atoms with E-state index in [1.54, 1.807) is 24.0 Å². The lowest BCUT2D eigenvalue weighted by Gasteiger charge is -2.04. The van der Waals surface area contributed by atoms with Crippen LogP contribution in [0.2, 0.25) is 0 Å². The highest BCUT2D eigenvalue weighted by Crippen LogP contribution is 1.96. The molecule has 0 aliphatic heterocycles. The van der Waals surface area contributed by atoms with E-state index < -0.39 is 0 Å². The first-order valence-corrected chi connectivity index (χ1v) is 3.33. The highest BCUT2D eigenvalue weighted by atomic mass is 16.1. The van der Waals surface area contributed by atoms with E-state index in [1.165, 1.54) is 0 Å². The maximum atomic E-state index is 10.6. The number of carbonyl (C=O) groups is 1. The monoisotopic (exact) mass is 154 g/mol. The van der Waals surface area contributed by atoms with E-state index in [1.807, 2.05) is 0 Å². The second-order valence-corrected chi connectivity index (χ2v) is 2.43. The van der Waals surface area contributed by atoms with E-state index in [9.17, 15) is 4.79 Å². The summed E-state index contributed by atoms with van der Waals surface area (Å²) in [5.41, 5.74) is 5.05. The molecular formula is C6H10N4O. The van der Waals surface area contributed by atoms with Gasteiger partial charge in [-0.1, -0.05) is 12.1 Å². The molecule has 1 aromatic rings. The lowest BCUT2D eigenvalue weighted by molar-refractivity contribution is -0.121. The minimum Gasteiger partial charge on any atom is -0.369 e. The fourth-order valence-electron chi connectivity index (χ4n) is 0.701. The average molecular weight is 154 g/mol. The number of hydrogen-bond acceptors (Lipinski definition) is 3. The summed E-state index contributed by atoms with van der Waals surface area (Å²) in [6.07, 6.45) is 3.26. The van der Waals surface area contributed by atoms with Crippen LogP contribution < -0.4 is 5.73 Å². The summed E-state index contributed by atoms with van der Waals surface area (Å²) in [4.78, 5) is 10.6. The number of hydrogen-bond donors (Lipinski definition) is 1. The maximum Gasteiger partial charge on any atom is 0.222 e. The van der Waals surface area contributed by atoms with Crippen LogP contribution in [0.4, 0.5) is 0 Å². The second-order valence-electron chi connectivity index (χ2n) is 2.43. The topological polar surface area (TPSA) is 73.8 Å². The maximum absolute atomic E-state index is 10.6. The molecule has 0 saturated carbocycles. The Morgan fingerprint density at radius 3 is 3.00 bits per heavy atom. The summed E-state index contributed by atoms with van der Waals surface area (Å²) < 4.78 is 1.58. The first kappa shape index (κ1) is 7.71. The Labute approximate surface area is 64.2 Å². The zero-order valence-corrected chi connectivity index (χ0v) is 6.27. The van der Waals surface area contributed by atoms with Crippen LogP contribution in [0.3, 0.4) is 0 Å². The molecular weight excluding hydrogens is 144 g/mol. The van der Waals surface area contributed by atoms with Gasteiger partial charge in [-0.2, -0.15) is 0 Å². The molecule has 0 aromatic carbocycles. The van der Waals surface area contributed by atoms with Crippen LogP contribution in [0, 0.1) is 5.92 Å². The first-order valence-electron chi connectivity index (χ1n) is 3.33. The number of amides is 1. The molecule has 1 atom stereocenters. The molecule has 0 bridgehead atoms. The van der Waals surface area contributed by atoms with E-state index in [0.717, 1.165) is 0 Å². The van der Waals surface area contributed by atoms with Gasteiger partial charge in [0.1, 0.15) is 0 Å². The van der Waals surface area contributed by atoms with Crippen LogP contribution in [-0.4, -0.2) is 20.9 Å². The third kappa shape index (κ3) is 2.03. The van der Waals surface area contributed by atoms with Gasteiger partial charge in [-0.25, -0.2) is 0 Å². The molecule has 1 amide bonds. The van der Waals surface area contributed by atoms with Crippen LogP contribution in [0.1, 0.15) is 6.92 Å². The Kier molecular flexibility index (Phi) is 2.20. The van der Waals surface area contributed by atoms with Crippen molar-refractivity contribution in [2.24, 2.45) is 11.7 Å². The molecule has 0 radical (unpaired) electrons. The Morgan fingerprint density at radius 2 is 2.55 bits per heavy atom. The summed E-state index contributed by atoms with van der Waals surface area (Å²) >= 11 is 0. The number of nitrogens with two attached hydrogens (primary N) is 1. The van der Waals surface area contributed by atoms with Crippen LogP contribution in [0.25, 0.3) is 0 Å². The van der Waals surface area contributed by atoms with Crippen LogP contribution in [0.15, 0.2) is 12.4 Å². The van der Waals surface area contributed by atoms with Gasteiger partial charge in [0.15, 0.2) is 0 Å². The van der Waals surface area contributed by atoms with E-state index in [2.05, 4.69) is 10.3 Å². The molecule has 60 valence electrons. The summed E-state index contributed by atoms with van der Waals surface area (Å²) in [6, 6.07) is 0. The van der Waals surface area contributed by atoms with Crippen molar-refractivity contribution in [3.05, 3.63) is 12.4 Å². The summed E-state index contributed by atoms with van der Waals surface area (Å²) in [5, 5.41) is 7.29. The lowest BCUT2D eigenvalue weighted by atomic mass is 10.2. The average Bonchev–Trinajstić information content (AvgIpc) is 2.39. The predicted molar refractivity (Wildman–Crippen MR) is 38.4 cm³/mol. The molecule has 0 aliphatic carbocycles. The minimum atomic E-state index is -0.319. The van der Waals surface area contributed by atoms with Gasteiger partial charge in [-0.3, -0.25) is 9.48 Å². The number of primary amides is 1. The molecule has 1 rings (SSSR count). The van der Waals surface area contributed by atoms with Gasteiger partial charge in [-0.15, -0.1) is 5.10 Å². The molecule has 11 heavy (non-hydrogen) atoms. The Bertz CT molecular complexity index is 231. The van der Waals surface area contributed by atoms with Crippen molar-refractivity contribution in [1.82, 2.24) is 15.0 Å². The highest BCUT2D eigenvalue weighted by Gasteiger charge is 2.08. The van der Waals surface area contributed by atoms with Crippen molar-refractivity contribution in [2.45, 2.75) is 13.5 Å². The molecule has 1 heterocycles. The van der Waals surface area contributed by atoms with Crippen molar-refractivity contribution >= 4 is 5.91 Å². The van der Waals surface area contributed by atoms with Crippen molar-refractivity contribution in [3.8, 4) is 0 Å². The van der Waals surface area contributed by atoms with Crippen molar-refractivity contribution in [3.63, 3.8) is 0 Å². The molecule has 2 N–H and O–H groups in total. The summed E-state index contributed by atoms with van der Waals surface area (Å²) in [7, 11) is 0. The fraction of sp³-hybridized carbons (Fsp3) is 0.500. The zero-order valence-electron chi connectivity index (χ0n) is 6.27. The van der Waals surface area contributed by atoms with Crippen LogP contribution in [-0.2, 0) is 11.3 Å². The third-order valence-electron chi connectivity index (χ3n) is 1.42. The van der Waals surface area contributed by atoms with Crippen LogP contribution >= 0.6 is 0 Å². The minimum absolute atomic E-state index is 0.198. The third-order valence-corrected chi connectivity index (χ3v) is 1.42. The standard InChI is InChI=1S/C6H10N4O/c1-5(6(7)11)4-10-3-2-8-9-10/h2-3,5H,4H2,1H3,(H2,7,11). The molecule has 0 aliphatic rings. The van der Waals surface area contributed by atoms with Gasteiger partial charge < -0.3 is 5.73 Å². The number of nitrogens with zero attached hydrogens (tertiary/aromatic N) is 3. The second kappa shape index (κ2) is 3.14. The molecule has 0 saturated heterocycles. The lowest BCUT2D eigenvalue weighted by Crippen LogP contribution is -2.24. The molecule has 1 aromatic heterocycles. The van der Waals surface area contributed by atoms with Crippen molar-refractivity contribution < 1.29 is 4.79 Å². The zero-order chi connectivity index (χ0) is 8.27. The van der Waals surface area contributed by atoms with Crippen molar-refractivity contribution in [1.29, 1.82) is 0 Å². The van der Waals surface area contributed by atoms with E-state index in [0.29, 0.717) is 6.54 Å². The molecule has 5 nitrogen and oxygen atoms in total. The summed E-state index contributed by atoms with van der Waals surface area (Å²) in [6.45, 7) is 2.25. The van der Waals surface area contributed by atoms with E-state index >= 15 is 0 Å². The fourth-order valence-corrected chi connectivity index (χ4v) is 0.701. The number of rotatable bonds is 3. The van der Waals surface area contributed by atoms with Gasteiger partial charge in [-0.05, 0) is 0 Å². The van der Waals surface area contributed by atoms with E-state index in [4.69, 9.17) is 5.73 Å². The van der Waals surface area contributed by atoms with Gasteiger partial charge in [0.05, 0.1) is 18.7 Å². The van der Waals surface area contributed by atoms with Gasteiger partial charge in [0, 0.05) is 6.20 Å². The predicted octanol–water partition coefficient (Wildman–Crippen LogP) is -0.601. The quantitative estimate of drug-likeness (QED) is 0.631. The van der Waals surface area contributed by atoms with E-state index in [-0.39, 0.29) is 11.8 Å². The normalized spacial score (nSPS) is 12.8. The molecule has 0 fully saturated rings. The summed E-state index contributed by atoms with van der Waals surface area (Å²) in [5.74, 6) is -0.516. The van der Waals surface area contributed by atoms with Gasteiger partial charge in [0.2, 0.25) is 5.91 Å². The smallest absolute Gasteiger partial charge is 0.222 e. The van der Waals surface area contributed by atoms with Gasteiger partial charge in [0.25, 0.3) is 0 Å². The SMILES string of the molecule is CC(Cn1ccnn1)C(N)=O. The Balaban J connectivity index is 2.50. The number of carbonyl (C=O) groups excluding carboxylic acids is 1. The molecule has 5 heteroatoms.